The highest BCUT2D eigenvalue weighted by molar-refractivity contribution is 5.88. The highest BCUT2D eigenvalue weighted by atomic mass is 16.5. The van der Waals surface area contributed by atoms with Crippen molar-refractivity contribution in [1.29, 1.82) is 0 Å². The molecule has 0 spiro atoms. The summed E-state index contributed by atoms with van der Waals surface area (Å²) >= 11 is 0. The number of ether oxygens (including phenoxy) is 1. The smallest absolute Gasteiger partial charge is 0.321 e. The molecule has 1 atom stereocenters. The number of nitrogens with one attached hydrogen (secondary N) is 2. The van der Waals surface area contributed by atoms with Crippen molar-refractivity contribution in [2.45, 2.75) is 45.6 Å². The van der Waals surface area contributed by atoms with Crippen LogP contribution in [0.3, 0.4) is 0 Å². The number of amides is 2. The van der Waals surface area contributed by atoms with E-state index < -0.39 is 0 Å². The number of hydrogen-bond acceptors (Lipinski definition) is 6. The van der Waals surface area contributed by atoms with Gasteiger partial charge >= 0.3 is 6.03 Å². The number of anilines is 1. The lowest BCUT2D eigenvalue weighted by Gasteiger charge is -2.28. The van der Waals surface area contributed by atoms with Crippen LogP contribution in [0.15, 0.2) is 22.9 Å². The average Bonchev–Trinajstić information content (AvgIpc) is 3.12. The van der Waals surface area contributed by atoms with Gasteiger partial charge in [0.2, 0.25) is 5.89 Å². The molecule has 1 aliphatic heterocycles. The summed E-state index contributed by atoms with van der Waals surface area (Å²) in [5.74, 6) is 1.91. The number of carbonyl (C=O) groups is 1. The van der Waals surface area contributed by atoms with Gasteiger partial charge in [-0.05, 0) is 37.3 Å². The van der Waals surface area contributed by atoms with Gasteiger partial charge in [0.1, 0.15) is 11.9 Å². The highest BCUT2D eigenvalue weighted by Crippen LogP contribution is 2.30. The van der Waals surface area contributed by atoms with Crippen LogP contribution in [0.1, 0.15) is 55.9 Å². The molecular formula is C18H25N5O3. The third kappa shape index (κ3) is 4.57. The van der Waals surface area contributed by atoms with Crippen molar-refractivity contribution in [3.8, 4) is 0 Å². The van der Waals surface area contributed by atoms with Crippen LogP contribution in [0.4, 0.5) is 10.6 Å². The van der Waals surface area contributed by atoms with Crippen molar-refractivity contribution >= 4 is 11.8 Å². The fourth-order valence-corrected chi connectivity index (χ4v) is 2.87. The summed E-state index contributed by atoms with van der Waals surface area (Å²) in [5.41, 5.74) is 1.03. The van der Waals surface area contributed by atoms with Crippen LogP contribution >= 0.6 is 0 Å². The molecule has 2 aromatic rings. The number of nitrogens with zero attached hydrogens (tertiary/aromatic N) is 3. The van der Waals surface area contributed by atoms with Gasteiger partial charge in [-0.2, -0.15) is 4.98 Å². The minimum absolute atomic E-state index is 0.161. The van der Waals surface area contributed by atoms with E-state index >= 15 is 0 Å². The molecule has 0 unspecified atom stereocenters. The monoisotopic (exact) mass is 359 g/mol. The standard InChI is InChI=1S/C18H25N5O3/c1-11(2)16-22-17(26-23-16)15(13-6-8-25-9-7-13)21-18(24)20-14-5-4-12(3)10-19-14/h4-5,10-11,13,15H,6-9H2,1-3H3,(H2,19,20,21,24)/t15-/m0/s1. The first kappa shape index (κ1) is 18.3. The molecule has 1 fully saturated rings. The fraction of sp³-hybridized carbons (Fsp3) is 0.556. The van der Waals surface area contributed by atoms with Gasteiger partial charge in [0, 0.05) is 25.3 Å². The lowest BCUT2D eigenvalue weighted by atomic mass is 9.91. The van der Waals surface area contributed by atoms with Crippen molar-refractivity contribution in [3.63, 3.8) is 0 Å². The predicted molar refractivity (Wildman–Crippen MR) is 95.8 cm³/mol. The van der Waals surface area contributed by atoms with Crippen LogP contribution in [0, 0.1) is 12.8 Å². The minimum atomic E-state index is -0.357. The lowest BCUT2D eigenvalue weighted by molar-refractivity contribution is 0.0506. The first-order chi connectivity index (χ1) is 12.5. The van der Waals surface area contributed by atoms with Gasteiger partial charge in [-0.25, -0.2) is 9.78 Å². The summed E-state index contributed by atoms with van der Waals surface area (Å²) < 4.78 is 10.9. The van der Waals surface area contributed by atoms with Crippen LogP contribution in [0.5, 0.6) is 0 Å². The molecule has 0 aromatic carbocycles. The number of aromatic nitrogens is 3. The molecule has 8 nitrogen and oxygen atoms in total. The Labute approximate surface area is 152 Å². The maximum atomic E-state index is 12.5. The molecule has 2 aromatic heterocycles. The van der Waals surface area contributed by atoms with E-state index in [4.69, 9.17) is 9.26 Å². The van der Waals surface area contributed by atoms with Crippen molar-refractivity contribution in [2.24, 2.45) is 5.92 Å². The summed E-state index contributed by atoms with van der Waals surface area (Å²) in [5, 5.41) is 9.76. The molecule has 0 aliphatic carbocycles. The van der Waals surface area contributed by atoms with Gasteiger partial charge in [0.05, 0.1) is 0 Å². The van der Waals surface area contributed by atoms with Crippen molar-refractivity contribution in [3.05, 3.63) is 35.6 Å². The Kier molecular flexibility index (Phi) is 5.82. The molecule has 8 heteroatoms. The Bertz CT molecular complexity index is 723. The second-order valence-electron chi connectivity index (χ2n) is 6.89. The van der Waals surface area contributed by atoms with Crippen LogP contribution in [0.25, 0.3) is 0 Å². The number of urea groups is 1. The van der Waals surface area contributed by atoms with Gasteiger partial charge in [0.25, 0.3) is 0 Å². The SMILES string of the molecule is Cc1ccc(NC(=O)N[C@H](c2nc(C(C)C)no2)C2CCOCC2)nc1. The van der Waals surface area contributed by atoms with Gasteiger partial charge in [-0.3, -0.25) is 5.32 Å². The molecule has 0 bridgehead atoms. The topological polar surface area (TPSA) is 102 Å². The molecular weight excluding hydrogens is 334 g/mol. The van der Waals surface area contributed by atoms with Crippen LogP contribution < -0.4 is 10.6 Å². The number of aryl methyl sites for hydroxylation is 1. The fourth-order valence-electron chi connectivity index (χ4n) is 2.87. The van der Waals surface area contributed by atoms with Gasteiger partial charge in [-0.1, -0.05) is 25.1 Å². The molecule has 140 valence electrons. The molecule has 26 heavy (non-hydrogen) atoms. The van der Waals surface area contributed by atoms with E-state index in [0.29, 0.717) is 30.7 Å². The summed E-state index contributed by atoms with van der Waals surface area (Å²) in [4.78, 5) is 21.2. The van der Waals surface area contributed by atoms with E-state index in [9.17, 15) is 4.79 Å². The lowest BCUT2D eigenvalue weighted by Crippen LogP contribution is -2.38. The highest BCUT2D eigenvalue weighted by Gasteiger charge is 2.31. The Balaban J connectivity index is 1.73. The number of rotatable bonds is 5. The van der Waals surface area contributed by atoms with Crippen molar-refractivity contribution in [1.82, 2.24) is 20.4 Å². The Morgan fingerprint density at radius 3 is 2.65 bits per heavy atom. The molecule has 2 N–H and O–H groups in total. The molecule has 0 radical (unpaired) electrons. The first-order valence-electron chi connectivity index (χ1n) is 8.94. The minimum Gasteiger partial charge on any atom is -0.381 e. The largest absolute Gasteiger partial charge is 0.381 e. The van der Waals surface area contributed by atoms with E-state index in [1.165, 1.54) is 0 Å². The van der Waals surface area contributed by atoms with Gasteiger partial charge in [-0.15, -0.1) is 0 Å². The van der Waals surface area contributed by atoms with Crippen molar-refractivity contribution < 1.29 is 14.1 Å². The number of carbonyl (C=O) groups excluding carboxylic acids is 1. The zero-order valence-electron chi connectivity index (χ0n) is 15.4. The zero-order valence-corrected chi connectivity index (χ0v) is 15.4. The third-order valence-corrected chi connectivity index (χ3v) is 4.42. The summed E-state index contributed by atoms with van der Waals surface area (Å²) in [6.07, 6.45) is 3.36. The van der Waals surface area contributed by atoms with Gasteiger partial charge < -0.3 is 14.6 Å². The number of hydrogen-bond donors (Lipinski definition) is 2. The van der Waals surface area contributed by atoms with Crippen LogP contribution in [-0.2, 0) is 4.74 Å². The quantitative estimate of drug-likeness (QED) is 0.850. The third-order valence-electron chi connectivity index (χ3n) is 4.42. The van der Waals surface area contributed by atoms with Gasteiger partial charge in [0.15, 0.2) is 5.82 Å². The van der Waals surface area contributed by atoms with E-state index in [0.717, 1.165) is 18.4 Å². The molecule has 1 aliphatic rings. The zero-order chi connectivity index (χ0) is 18.5. The Morgan fingerprint density at radius 1 is 1.27 bits per heavy atom. The van der Waals surface area contributed by atoms with E-state index in [1.54, 1.807) is 12.3 Å². The van der Waals surface area contributed by atoms with E-state index in [2.05, 4.69) is 25.8 Å². The first-order valence-corrected chi connectivity index (χ1v) is 8.94. The second kappa shape index (κ2) is 8.27. The molecule has 3 heterocycles. The predicted octanol–water partition coefficient (Wildman–Crippen LogP) is 3.19. The summed E-state index contributed by atoms with van der Waals surface area (Å²) in [6, 6.07) is 2.96. The second-order valence-corrected chi connectivity index (χ2v) is 6.89. The molecule has 2 amide bonds. The van der Waals surface area contributed by atoms with E-state index in [1.807, 2.05) is 26.8 Å². The van der Waals surface area contributed by atoms with Crippen molar-refractivity contribution in [2.75, 3.05) is 18.5 Å². The van der Waals surface area contributed by atoms with E-state index in [-0.39, 0.29) is 23.9 Å². The van der Waals surface area contributed by atoms with Crippen LogP contribution in [-0.4, -0.2) is 34.4 Å². The Hall–Kier alpha value is -2.48. The number of pyridine rings is 1. The summed E-state index contributed by atoms with van der Waals surface area (Å²) in [7, 11) is 0. The molecule has 1 saturated heterocycles. The average molecular weight is 359 g/mol. The van der Waals surface area contributed by atoms with Crippen LogP contribution in [0.2, 0.25) is 0 Å². The summed E-state index contributed by atoms with van der Waals surface area (Å²) in [6.45, 7) is 7.27. The maximum absolute atomic E-state index is 12.5. The molecule has 3 rings (SSSR count). The molecule has 0 saturated carbocycles. The Morgan fingerprint density at radius 2 is 2.04 bits per heavy atom. The maximum Gasteiger partial charge on any atom is 0.321 e. The normalized spacial score (nSPS) is 16.5.